The number of hydrogen-bond acceptors (Lipinski definition) is 0. The summed E-state index contributed by atoms with van der Waals surface area (Å²) in [6.45, 7) is 0. The molecule has 1 radical (unpaired) electrons. The average molecular weight is 253 g/mol. The highest BCUT2D eigenvalue weighted by atomic mass is 14.1. The molecule has 0 spiro atoms. The Hall–Kier alpha value is -2.60. The summed E-state index contributed by atoms with van der Waals surface area (Å²) in [5.74, 6) is 0. The molecule has 0 amide bonds. The lowest BCUT2D eigenvalue weighted by atomic mass is 9.97. The first-order chi connectivity index (χ1) is 9.92. The van der Waals surface area contributed by atoms with E-state index in [-0.39, 0.29) is 0 Å². The molecule has 0 atom stereocenters. The van der Waals surface area contributed by atoms with E-state index in [0.717, 1.165) is 0 Å². The van der Waals surface area contributed by atoms with Crippen molar-refractivity contribution >= 4 is 21.5 Å². The Balaban J connectivity index is 1.99. The van der Waals surface area contributed by atoms with E-state index in [1.807, 2.05) is 6.07 Å². The molecule has 20 heavy (non-hydrogen) atoms. The molecule has 4 rings (SSSR count). The lowest BCUT2D eigenvalue weighted by Crippen LogP contribution is -1.81. The van der Waals surface area contributed by atoms with E-state index in [9.17, 15) is 0 Å². The Morgan fingerprint density at radius 3 is 2.30 bits per heavy atom. The van der Waals surface area contributed by atoms with E-state index in [4.69, 9.17) is 0 Å². The summed E-state index contributed by atoms with van der Waals surface area (Å²) in [6.07, 6.45) is 0. The third-order valence-electron chi connectivity index (χ3n) is 3.76. The third-order valence-corrected chi connectivity index (χ3v) is 3.76. The van der Waals surface area contributed by atoms with Gasteiger partial charge in [-0.25, -0.2) is 0 Å². The Morgan fingerprint density at radius 1 is 0.600 bits per heavy atom. The first-order valence-electron chi connectivity index (χ1n) is 6.80. The fourth-order valence-electron chi connectivity index (χ4n) is 2.73. The van der Waals surface area contributed by atoms with Crippen LogP contribution in [-0.2, 0) is 0 Å². The van der Waals surface area contributed by atoms with Crippen LogP contribution in [0, 0.1) is 6.07 Å². The molecular formula is C20H13. The Kier molecular flexibility index (Phi) is 2.53. The second-order valence-corrected chi connectivity index (χ2v) is 5.00. The highest BCUT2D eigenvalue weighted by Crippen LogP contribution is 2.29. The maximum Gasteiger partial charge on any atom is -0.00923 e. The predicted octanol–water partition coefficient (Wildman–Crippen LogP) is 5.46. The zero-order valence-corrected chi connectivity index (χ0v) is 11.0. The Bertz CT molecular complexity index is 889. The number of hydrogen-bond donors (Lipinski definition) is 0. The molecule has 0 nitrogen and oxygen atoms in total. The van der Waals surface area contributed by atoms with Gasteiger partial charge in [0.2, 0.25) is 0 Å². The summed E-state index contributed by atoms with van der Waals surface area (Å²) in [4.78, 5) is 0. The first-order valence-corrected chi connectivity index (χ1v) is 6.80. The van der Waals surface area contributed by atoms with E-state index in [1.165, 1.54) is 32.7 Å². The Labute approximate surface area is 118 Å². The molecule has 93 valence electrons. The fourth-order valence-corrected chi connectivity index (χ4v) is 2.73. The van der Waals surface area contributed by atoms with Crippen LogP contribution in [0.2, 0.25) is 0 Å². The van der Waals surface area contributed by atoms with Gasteiger partial charge >= 0.3 is 0 Å². The summed E-state index contributed by atoms with van der Waals surface area (Å²) in [5.41, 5.74) is 2.49. The molecule has 0 aromatic heterocycles. The van der Waals surface area contributed by atoms with E-state index in [1.54, 1.807) is 0 Å². The molecular weight excluding hydrogens is 240 g/mol. The number of rotatable bonds is 1. The molecule has 0 bridgehead atoms. The van der Waals surface area contributed by atoms with Gasteiger partial charge in [-0.2, -0.15) is 0 Å². The van der Waals surface area contributed by atoms with Crippen LogP contribution in [0.5, 0.6) is 0 Å². The third kappa shape index (κ3) is 1.78. The van der Waals surface area contributed by atoms with Crippen molar-refractivity contribution in [1.29, 1.82) is 0 Å². The maximum atomic E-state index is 3.40. The van der Waals surface area contributed by atoms with E-state index in [2.05, 4.69) is 78.9 Å². The van der Waals surface area contributed by atoms with Crippen LogP contribution >= 0.6 is 0 Å². The van der Waals surface area contributed by atoms with Crippen molar-refractivity contribution in [3.63, 3.8) is 0 Å². The van der Waals surface area contributed by atoms with Gasteiger partial charge in [0.15, 0.2) is 0 Å². The van der Waals surface area contributed by atoms with Crippen LogP contribution in [0.25, 0.3) is 32.7 Å². The molecule has 4 aromatic carbocycles. The zero-order valence-electron chi connectivity index (χ0n) is 11.0. The highest BCUT2D eigenvalue weighted by Gasteiger charge is 2.02. The van der Waals surface area contributed by atoms with Crippen molar-refractivity contribution in [3.05, 3.63) is 84.9 Å². The minimum absolute atomic E-state index is 1.17. The molecule has 0 fully saturated rings. The monoisotopic (exact) mass is 253 g/mol. The molecule has 0 heterocycles. The van der Waals surface area contributed by atoms with Gasteiger partial charge in [0, 0.05) is 0 Å². The quantitative estimate of drug-likeness (QED) is 0.395. The lowest BCUT2D eigenvalue weighted by Gasteiger charge is -2.06. The van der Waals surface area contributed by atoms with Crippen LogP contribution < -0.4 is 0 Å². The average Bonchev–Trinajstić information content (AvgIpc) is 2.55. The van der Waals surface area contributed by atoms with Crippen LogP contribution in [0.1, 0.15) is 0 Å². The summed E-state index contributed by atoms with van der Waals surface area (Å²) in [7, 11) is 0. The van der Waals surface area contributed by atoms with Crippen molar-refractivity contribution in [2.45, 2.75) is 0 Å². The second kappa shape index (κ2) is 4.50. The molecule has 0 saturated heterocycles. The standard InChI is InChI=1S/C20H13/c1-2-6-15(7-3-1)17-12-13-20-18(14-17)11-10-16-8-4-5-9-19(16)20/h1-10,12-14H. The minimum atomic E-state index is 1.17. The van der Waals surface area contributed by atoms with Gasteiger partial charge in [-0.3, -0.25) is 0 Å². The van der Waals surface area contributed by atoms with E-state index < -0.39 is 0 Å². The van der Waals surface area contributed by atoms with Gasteiger partial charge in [-0.1, -0.05) is 66.7 Å². The highest BCUT2D eigenvalue weighted by molar-refractivity contribution is 6.08. The van der Waals surface area contributed by atoms with Crippen LogP contribution in [-0.4, -0.2) is 0 Å². The van der Waals surface area contributed by atoms with Gasteiger partial charge in [0.05, 0.1) is 0 Å². The van der Waals surface area contributed by atoms with Crippen molar-refractivity contribution in [2.24, 2.45) is 0 Å². The Morgan fingerprint density at radius 2 is 1.40 bits per heavy atom. The summed E-state index contributed by atoms with van der Waals surface area (Å²) in [6, 6.07) is 31.0. The van der Waals surface area contributed by atoms with E-state index >= 15 is 0 Å². The summed E-state index contributed by atoms with van der Waals surface area (Å²) < 4.78 is 0. The van der Waals surface area contributed by atoms with Gasteiger partial charge in [0.1, 0.15) is 0 Å². The van der Waals surface area contributed by atoms with Crippen molar-refractivity contribution < 1.29 is 0 Å². The second-order valence-electron chi connectivity index (χ2n) is 5.00. The van der Waals surface area contributed by atoms with Crippen LogP contribution in [0.4, 0.5) is 0 Å². The molecule has 4 aromatic rings. The molecule has 0 heteroatoms. The predicted molar refractivity (Wildman–Crippen MR) is 85.7 cm³/mol. The topological polar surface area (TPSA) is 0 Å². The normalized spacial score (nSPS) is 11.0. The van der Waals surface area contributed by atoms with Crippen LogP contribution in [0.15, 0.2) is 78.9 Å². The number of fused-ring (bicyclic) bond motifs is 3. The molecule has 0 aliphatic carbocycles. The molecule has 0 unspecified atom stereocenters. The maximum absolute atomic E-state index is 3.40. The molecule has 0 N–H and O–H groups in total. The number of benzene rings is 4. The zero-order chi connectivity index (χ0) is 13.4. The first kappa shape index (κ1) is 11.2. The van der Waals surface area contributed by atoms with Crippen LogP contribution in [0.3, 0.4) is 0 Å². The molecule has 0 saturated carbocycles. The molecule has 0 aliphatic rings. The van der Waals surface area contributed by atoms with Gasteiger partial charge < -0.3 is 0 Å². The van der Waals surface area contributed by atoms with Gasteiger partial charge in [-0.05, 0) is 50.9 Å². The van der Waals surface area contributed by atoms with Crippen molar-refractivity contribution in [3.8, 4) is 11.1 Å². The summed E-state index contributed by atoms with van der Waals surface area (Å²) >= 11 is 0. The smallest absolute Gasteiger partial charge is 0.00923 e. The van der Waals surface area contributed by atoms with Crippen molar-refractivity contribution in [2.75, 3.05) is 0 Å². The lowest BCUT2D eigenvalue weighted by molar-refractivity contribution is 1.65. The minimum Gasteiger partial charge on any atom is -0.0622 e. The van der Waals surface area contributed by atoms with E-state index in [0.29, 0.717) is 0 Å². The largest absolute Gasteiger partial charge is 0.0622 e. The van der Waals surface area contributed by atoms with Gasteiger partial charge in [0.25, 0.3) is 0 Å². The fraction of sp³-hybridized carbons (Fsp3) is 0. The van der Waals surface area contributed by atoms with Crippen molar-refractivity contribution in [1.82, 2.24) is 0 Å². The summed E-state index contributed by atoms with van der Waals surface area (Å²) in [5, 5.41) is 4.97. The SMILES string of the molecule is [c]1cc2ccccc2c2ccc(-c3ccccc3)cc12. The van der Waals surface area contributed by atoms with Gasteiger partial charge in [-0.15, -0.1) is 0 Å². The molecule has 0 aliphatic heterocycles.